The summed E-state index contributed by atoms with van der Waals surface area (Å²) in [5, 5.41) is 7.11. The molecule has 3 rings (SSSR count). The Morgan fingerprint density at radius 1 is 1.18 bits per heavy atom. The van der Waals surface area contributed by atoms with Gasteiger partial charge in [0.1, 0.15) is 17.3 Å². The lowest BCUT2D eigenvalue weighted by molar-refractivity contribution is 0.481. The van der Waals surface area contributed by atoms with Crippen molar-refractivity contribution in [2.75, 3.05) is 6.26 Å². The van der Waals surface area contributed by atoms with E-state index in [0.29, 0.717) is 28.0 Å². The molecule has 0 saturated heterocycles. The molecule has 0 aliphatic rings. The van der Waals surface area contributed by atoms with Crippen LogP contribution in [0.1, 0.15) is 5.56 Å². The van der Waals surface area contributed by atoms with Crippen LogP contribution in [0.2, 0.25) is 0 Å². The first kappa shape index (κ1) is 14.5. The molecular weight excluding hydrogens is 307 g/mol. The first-order valence-electron chi connectivity index (χ1n) is 6.46. The number of ether oxygens (including phenoxy) is 1. The molecule has 22 heavy (non-hydrogen) atoms. The van der Waals surface area contributed by atoms with Crippen LogP contribution in [0, 0.1) is 12.7 Å². The number of fused-ring (bicyclic) bond motifs is 1. The van der Waals surface area contributed by atoms with E-state index in [9.17, 15) is 12.8 Å². The van der Waals surface area contributed by atoms with Crippen molar-refractivity contribution in [3.63, 3.8) is 0 Å². The molecule has 0 spiro atoms. The quantitative estimate of drug-likeness (QED) is 0.804. The molecule has 7 heteroatoms. The molecule has 0 unspecified atom stereocenters. The highest BCUT2D eigenvalue weighted by molar-refractivity contribution is 7.91. The van der Waals surface area contributed by atoms with Crippen molar-refractivity contribution in [3.05, 3.63) is 47.9 Å². The lowest BCUT2D eigenvalue weighted by Crippen LogP contribution is -1.99. The van der Waals surface area contributed by atoms with E-state index < -0.39 is 9.84 Å². The number of aromatic nitrogens is 2. The number of rotatable bonds is 3. The van der Waals surface area contributed by atoms with Gasteiger partial charge in [0.25, 0.3) is 0 Å². The molecule has 0 amide bonds. The second-order valence-corrected chi connectivity index (χ2v) is 6.99. The van der Waals surface area contributed by atoms with E-state index in [1.807, 2.05) is 0 Å². The van der Waals surface area contributed by atoms with Gasteiger partial charge >= 0.3 is 0 Å². The molecule has 0 saturated carbocycles. The molecule has 1 heterocycles. The number of H-pyrrole nitrogens is 1. The third-order valence-electron chi connectivity index (χ3n) is 3.29. The van der Waals surface area contributed by atoms with Gasteiger partial charge in [-0.1, -0.05) is 0 Å². The second kappa shape index (κ2) is 5.10. The van der Waals surface area contributed by atoms with E-state index in [1.54, 1.807) is 13.0 Å². The highest BCUT2D eigenvalue weighted by atomic mass is 32.2. The summed E-state index contributed by atoms with van der Waals surface area (Å²) in [6, 6.07) is 7.23. The zero-order chi connectivity index (χ0) is 15.9. The van der Waals surface area contributed by atoms with E-state index in [4.69, 9.17) is 4.74 Å². The number of sulfone groups is 1. The van der Waals surface area contributed by atoms with E-state index in [0.717, 1.165) is 6.26 Å². The Morgan fingerprint density at radius 3 is 2.59 bits per heavy atom. The van der Waals surface area contributed by atoms with Crippen LogP contribution in [0.3, 0.4) is 0 Å². The summed E-state index contributed by atoms with van der Waals surface area (Å²) in [5.41, 5.74) is 1.03. The Labute approximate surface area is 126 Å². The molecule has 5 nitrogen and oxygen atoms in total. The van der Waals surface area contributed by atoms with Crippen LogP contribution in [-0.4, -0.2) is 24.9 Å². The first-order chi connectivity index (χ1) is 10.4. The van der Waals surface area contributed by atoms with Crippen molar-refractivity contribution in [3.8, 4) is 11.5 Å². The van der Waals surface area contributed by atoms with Crippen molar-refractivity contribution in [1.82, 2.24) is 10.2 Å². The topological polar surface area (TPSA) is 72.1 Å². The normalized spacial score (nSPS) is 11.8. The van der Waals surface area contributed by atoms with Gasteiger partial charge in [0.15, 0.2) is 9.84 Å². The molecule has 1 aromatic heterocycles. The fourth-order valence-corrected chi connectivity index (χ4v) is 3.07. The van der Waals surface area contributed by atoms with Crippen molar-refractivity contribution in [2.24, 2.45) is 0 Å². The Morgan fingerprint density at radius 2 is 1.91 bits per heavy atom. The lowest BCUT2D eigenvalue weighted by Gasteiger charge is -2.10. The molecule has 0 aliphatic heterocycles. The zero-order valence-electron chi connectivity index (χ0n) is 11.9. The average molecular weight is 320 g/mol. The van der Waals surface area contributed by atoms with Crippen LogP contribution in [0.5, 0.6) is 11.5 Å². The second-order valence-electron chi connectivity index (χ2n) is 5.00. The Hall–Kier alpha value is -2.41. The van der Waals surface area contributed by atoms with Crippen LogP contribution >= 0.6 is 0 Å². The van der Waals surface area contributed by atoms with E-state index in [-0.39, 0.29) is 10.7 Å². The van der Waals surface area contributed by atoms with E-state index >= 15 is 0 Å². The summed E-state index contributed by atoms with van der Waals surface area (Å²) < 4.78 is 42.5. The number of aryl methyl sites for hydroxylation is 1. The smallest absolute Gasteiger partial charge is 0.177 e. The van der Waals surface area contributed by atoms with Crippen LogP contribution < -0.4 is 4.74 Å². The number of aromatic amines is 1. The molecule has 114 valence electrons. The highest BCUT2D eigenvalue weighted by Crippen LogP contribution is 2.33. The molecule has 0 radical (unpaired) electrons. The van der Waals surface area contributed by atoms with Gasteiger partial charge in [0.05, 0.1) is 22.0 Å². The number of hydrogen-bond donors (Lipinski definition) is 1. The number of nitrogens with one attached hydrogen (secondary N) is 1. The van der Waals surface area contributed by atoms with Gasteiger partial charge in [-0.3, -0.25) is 5.10 Å². The van der Waals surface area contributed by atoms with Crippen molar-refractivity contribution in [1.29, 1.82) is 0 Å². The summed E-state index contributed by atoms with van der Waals surface area (Å²) in [6.45, 7) is 1.73. The molecule has 0 aliphatic carbocycles. The van der Waals surface area contributed by atoms with Crippen LogP contribution in [-0.2, 0) is 9.84 Å². The fourth-order valence-electron chi connectivity index (χ4n) is 2.23. The Kier molecular flexibility index (Phi) is 3.37. The summed E-state index contributed by atoms with van der Waals surface area (Å²) in [7, 11) is -3.38. The number of nitrogens with zero attached hydrogens (tertiary/aromatic N) is 1. The predicted molar refractivity (Wildman–Crippen MR) is 80.4 cm³/mol. The largest absolute Gasteiger partial charge is 0.456 e. The minimum Gasteiger partial charge on any atom is -0.456 e. The van der Waals surface area contributed by atoms with Gasteiger partial charge in [0.2, 0.25) is 0 Å². The highest BCUT2D eigenvalue weighted by Gasteiger charge is 2.17. The monoisotopic (exact) mass is 320 g/mol. The van der Waals surface area contributed by atoms with E-state index in [1.165, 1.54) is 30.5 Å². The Balaban J connectivity index is 2.11. The van der Waals surface area contributed by atoms with Crippen molar-refractivity contribution >= 4 is 20.7 Å². The van der Waals surface area contributed by atoms with Crippen LogP contribution in [0.25, 0.3) is 10.9 Å². The average Bonchev–Trinajstić information content (AvgIpc) is 2.90. The third-order valence-corrected chi connectivity index (χ3v) is 4.43. The summed E-state index contributed by atoms with van der Waals surface area (Å²) >= 11 is 0. The summed E-state index contributed by atoms with van der Waals surface area (Å²) in [6.07, 6.45) is 2.63. The molecule has 1 N–H and O–H groups in total. The fraction of sp³-hybridized carbons (Fsp3) is 0.133. The van der Waals surface area contributed by atoms with E-state index in [2.05, 4.69) is 10.2 Å². The van der Waals surface area contributed by atoms with Gasteiger partial charge in [-0.05, 0) is 42.8 Å². The minimum absolute atomic E-state index is 0.156. The number of halogens is 1. The maximum Gasteiger partial charge on any atom is 0.177 e. The Bertz CT molecular complexity index is 964. The number of hydrogen-bond acceptors (Lipinski definition) is 4. The molecule has 0 atom stereocenters. The molecular formula is C15H13FN2O3S. The lowest BCUT2D eigenvalue weighted by atomic mass is 10.2. The van der Waals surface area contributed by atoms with Gasteiger partial charge in [-0.15, -0.1) is 0 Å². The third kappa shape index (κ3) is 2.55. The van der Waals surface area contributed by atoms with Gasteiger partial charge in [0, 0.05) is 6.26 Å². The standard InChI is InChI=1S/C15H13FN2O3S/c1-9-7-10(16)3-4-12(9)21-13-5-6-14(22(2,19)20)15-11(13)8-17-18-15/h3-8H,1-2H3,(H,17,18). The van der Waals surface area contributed by atoms with Crippen LogP contribution in [0.15, 0.2) is 41.4 Å². The summed E-state index contributed by atoms with van der Waals surface area (Å²) in [4.78, 5) is 0.156. The maximum atomic E-state index is 13.1. The van der Waals surface area contributed by atoms with Crippen LogP contribution in [0.4, 0.5) is 4.39 Å². The molecule has 0 bridgehead atoms. The van der Waals surface area contributed by atoms with Gasteiger partial charge in [-0.25, -0.2) is 12.8 Å². The predicted octanol–water partition coefficient (Wildman–Crippen LogP) is 3.21. The molecule has 0 fully saturated rings. The maximum absolute atomic E-state index is 13.1. The SMILES string of the molecule is Cc1cc(F)ccc1Oc1ccc(S(C)(=O)=O)c2[nH]ncc12. The minimum atomic E-state index is -3.38. The zero-order valence-corrected chi connectivity index (χ0v) is 12.7. The van der Waals surface area contributed by atoms with Gasteiger partial charge < -0.3 is 4.74 Å². The van der Waals surface area contributed by atoms with Crippen molar-refractivity contribution < 1.29 is 17.5 Å². The first-order valence-corrected chi connectivity index (χ1v) is 8.35. The van der Waals surface area contributed by atoms with Gasteiger partial charge in [-0.2, -0.15) is 5.10 Å². The number of benzene rings is 2. The molecule has 2 aromatic carbocycles. The molecule has 3 aromatic rings. The van der Waals surface area contributed by atoms with Crippen molar-refractivity contribution in [2.45, 2.75) is 11.8 Å². The summed E-state index contributed by atoms with van der Waals surface area (Å²) in [5.74, 6) is 0.604.